The second kappa shape index (κ2) is 4.12. The highest BCUT2D eigenvalue weighted by atomic mass is 79.9. The van der Waals surface area contributed by atoms with Crippen LogP contribution in [0.5, 0.6) is 0 Å². The van der Waals surface area contributed by atoms with Gasteiger partial charge in [0.1, 0.15) is 0 Å². The molecular weight excluding hydrogens is 252 g/mol. The third-order valence-corrected chi connectivity index (χ3v) is 4.57. The van der Waals surface area contributed by atoms with E-state index in [1.165, 1.54) is 17.7 Å². The number of aromatic nitrogens is 1. The van der Waals surface area contributed by atoms with E-state index in [9.17, 15) is 0 Å². The molecule has 15 heavy (non-hydrogen) atoms. The first-order valence-electron chi connectivity index (χ1n) is 5.36. The summed E-state index contributed by atoms with van der Waals surface area (Å²) in [6.07, 6.45) is 5.09. The minimum absolute atomic E-state index is 0.426. The van der Waals surface area contributed by atoms with Gasteiger partial charge >= 0.3 is 0 Å². The van der Waals surface area contributed by atoms with Crippen molar-refractivity contribution in [3.8, 4) is 0 Å². The molecule has 0 aromatic carbocycles. The van der Waals surface area contributed by atoms with Crippen LogP contribution in [0.25, 0.3) is 0 Å². The van der Waals surface area contributed by atoms with Crippen molar-refractivity contribution >= 4 is 21.6 Å². The van der Waals surface area contributed by atoms with Gasteiger partial charge in [0, 0.05) is 36.5 Å². The first kappa shape index (κ1) is 10.9. The van der Waals surface area contributed by atoms with Gasteiger partial charge in [-0.25, -0.2) is 0 Å². The Morgan fingerprint density at radius 3 is 3.00 bits per heavy atom. The normalized spacial score (nSPS) is 25.9. The molecule has 1 aromatic rings. The fourth-order valence-electron chi connectivity index (χ4n) is 2.16. The monoisotopic (exact) mass is 268 g/mol. The summed E-state index contributed by atoms with van der Waals surface area (Å²) in [5.74, 6) is 0. The van der Waals surface area contributed by atoms with Gasteiger partial charge in [-0.1, -0.05) is 22.9 Å². The maximum absolute atomic E-state index is 4.14. The van der Waals surface area contributed by atoms with Crippen molar-refractivity contribution in [2.75, 3.05) is 23.3 Å². The Bertz CT molecular complexity index is 353. The molecule has 2 heterocycles. The Morgan fingerprint density at radius 2 is 2.40 bits per heavy atom. The number of pyridine rings is 1. The number of halogens is 1. The summed E-state index contributed by atoms with van der Waals surface area (Å²) in [6, 6.07) is 2.12. The standard InChI is InChI=1S/C12H17BrN2/c1-10-7-14-5-3-11(10)15-6-4-12(2,8-13)9-15/h3,5,7H,4,6,8-9H2,1-2H3. The summed E-state index contributed by atoms with van der Waals surface area (Å²) in [5.41, 5.74) is 3.04. The Morgan fingerprint density at radius 1 is 1.60 bits per heavy atom. The fourth-order valence-corrected chi connectivity index (χ4v) is 2.62. The molecule has 0 N–H and O–H groups in total. The molecular formula is C12H17BrN2. The average Bonchev–Trinajstić information content (AvgIpc) is 2.63. The summed E-state index contributed by atoms with van der Waals surface area (Å²) in [4.78, 5) is 6.61. The van der Waals surface area contributed by atoms with Gasteiger partial charge in [-0.2, -0.15) is 0 Å². The Kier molecular flexibility index (Phi) is 3.01. The van der Waals surface area contributed by atoms with Gasteiger partial charge in [-0.05, 0) is 30.4 Å². The van der Waals surface area contributed by atoms with E-state index >= 15 is 0 Å². The largest absolute Gasteiger partial charge is 0.371 e. The van der Waals surface area contributed by atoms with Crippen molar-refractivity contribution in [2.24, 2.45) is 5.41 Å². The number of hydrogen-bond donors (Lipinski definition) is 0. The van der Waals surface area contributed by atoms with Crippen molar-refractivity contribution in [3.05, 3.63) is 24.0 Å². The third-order valence-electron chi connectivity index (χ3n) is 3.21. The van der Waals surface area contributed by atoms with Crippen LogP contribution in [0.3, 0.4) is 0 Å². The van der Waals surface area contributed by atoms with Gasteiger partial charge in [-0.15, -0.1) is 0 Å². The number of rotatable bonds is 2. The van der Waals surface area contributed by atoms with Gasteiger partial charge in [-0.3, -0.25) is 4.98 Å². The minimum Gasteiger partial charge on any atom is -0.371 e. The maximum atomic E-state index is 4.14. The van der Waals surface area contributed by atoms with Crippen LogP contribution in [0.15, 0.2) is 18.5 Å². The summed E-state index contributed by atoms with van der Waals surface area (Å²) >= 11 is 3.61. The summed E-state index contributed by atoms with van der Waals surface area (Å²) in [5, 5.41) is 1.08. The minimum atomic E-state index is 0.426. The highest BCUT2D eigenvalue weighted by Crippen LogP contribution is 2.35. The Labute approximate surface area is 99.8 Å². The molecule has 3 heteroatoms. The molecule has 82 valence electrons. The number of anilines is 1. The van der Waals surface area contributed by atoms with Crippen molar-refractivity contribution in [2.45, 2.75) is 20.3 Å². The van der Waals surface area contributed by atoms with Crippen LogP contribution in [0, 0.1) is 12.3 Å². The molecule has 1 aromatic heterocycles. The van der Waals surface area contributed by atoms with Crippen LogP contribution in [-0.4, -0.2) is 23.4 Å². The first-order valence-corrected chi connectivity index (χ1v) is 6.48. The number of hydrogen-bond acceptors (Lipinski definition) is 2. The lowest BCUT2D eigenvalue weighted by Crippen LogP contribution is -2.26. The Balaban J connectivity index is 2.18. The third kappa shape index (κ3) is 2.17. The van der Waals surface area contributed by atoms with Crippen molar-refractivity contribution in [1.29, 1.82) is 0 Å². The van der Waals surface area contributed by atoms with E-state index in [1.807, 2.05) is 12.4 Å². The van der Waals surface area contributed by atoms with Crippen molar-refractivity contribution in [3.63, 3.8) is 0 Å². The second-order valence-corrected chi connectivity index (χ2v) is 5.34. The van der Waals surface area contributed by atoms with Gasteiger partial charge in [0.25, 0.3) is 0 Å². The summed E-state index contributed by atoms with van der Waals surface area (Å²) in [7, 11) is 0. The molecule has 1 saturated heterocycles. The van der Waals surface area contributed by atoms with Crippen LogP contribution in [0.4, 0.5) is 5.69 Å². The molecule has 0 bridgehead atoms. The molecule has 0 saturated carbocycles. The molecule has 1 atom stereocenters. The lowest BCUT2D eigenvalue weighted by molar-refractivity contribution is 0.432. The number of alkyl halides is 1. The molecule has 2 nitrogen and oxygen atoms in total. The van der Waals surface area contributed by atoms with E-state index in [-0.39, 0.29) is 0 Å². The predicted octanol–water partition coefficient (Wildman–Crippen LogP) is 3.00. The van der Waals surface area contributed by atoms with E-state index < -0.39 is 0 Å². The molecule has 1 aliphatic heterocycles. The zero-order valence-corrected chi connectivity index (χ0v) is 10.9. The quantitative estimate of drug-likeness (QED) is 0.767. The summed E-state index contributed by atoms with van der Waals surface area (Å²) < 4.78 is 0. The predicted molar refractivity (Wildman–Crippen MR) is 67.7 cm³/mol. The highest BCUT2D eigenvalue weighted by molar-refractivity contribution is 9.09. The topological polar surface area (TPSA) is 16.1 Å². The molecule has 0 radical (unpaired) electrons. The lowest BCUT2D eigenvalue weighted by atomic mass is 9.93. The summed E-state index contributed by atoms with van der Waals surface area (Å²) in [6.45, 7) is 6.78. The number of aryl methyl sites for hydroxylation is 1. The fraction of sp³-hybridized carbons (Fsp3) is 0.583. The van der Waals surface area contributed by atoms with Gasteiger partial charge in [0.05, 0.1) is 0 Å². The van der Waals surface area contributed by atoms with E-state index in [2.05, 4.69) is 45.7 Å². The van der Waals surface area contributed by atoms with Gasteiger partial charge < -0.3 is 4.90 Å². The van der Waals surface area contributed by atoms with Crippen molar-refractivity contribution in [1.82, 2.24) is 4.98 Å². The average molecular weight is 269 g/mol. The Hall–Kier alpha value is -0.570. The van der Waals surface area contributed by atoms with Crippen LogP contribution in [0.1, 0.15) is 18.9 Å². The molecule has 0 aliphatic carbocycles. The molecule has 1 fully saturated rings. The zero-order valence-electron chi connectivity index (χ0n) is 9.33. The molecule has 2 rings (SSSR count). The SMILES string of the molecule is Cc1cnccc1N1CCC(C)(CBr)C1. The van der Waals surface area contributed by atoms with Crippen LogP contribution < -0.4 is 4.90 Å². The zero-order chi connectivity index (χ0) is 10.9. The van der Waals surface area contributed by atoms with Crippen LogP contribution in [-0.2, 0) is 0 Å². The van der Waals surface area contributed by atoms with E-state index in [0.29, 0.717) is 5.41 Å². The van der Waals surface area contributed by atoms with Crippen LogP contribution in [0.2, 0.25) is 0 Å². The second-order valence-electron chi connectivity index (χ2n) is 4.78. The molecule has 0 amide bonds. The smallest absolute Gasteiger partial charge is 0.0427 e. The molecule has 1 aliphatic rings. The first-order chi connectivity index (χ1) is 7.14. The molecule has 0 spiro atoms. The maximum Gasteiger partial charge on any atom is 0.0427 e. The van der Waals surface area contributed by atoms with E-state index in [0.717, 1.165) is 18.4 Å². The number of nitrogens with zero attached hydrogens (tertiary/aromatic N) is 2. The van der Waals surface area contributed by atoms with Crippen LogP contribution >= 0.6 is 15.9 Å². The highest BCUT2D eigenvalue weighted by Gasteiger charge is 2.33. The van der Waals surface area contributed by atoms with Crippen molar-refractivity contribution < 1.29 is 0 Å². The van der Waals surface area contributed by atoms with E-state index in [4.69, 9.17) is 0 Å². The van der Waals surface area contributed by atoms with Gasteiger partial charge in [0.15, 0.2) is 0 Å². The molecule has 1 unspecified atom stereocenters. The van der Waals surface area contributed by atoms with E-state index in [1.54, 1.807) is 0 Å². The lowest BCUT2D eigenvalue weighted by Gasteiger charge is -2.24. The van der Waals surface area contributed by atoms with Gasteiger partial charge in [0.2, 0.25) is 0 Å².